The Hall–Kier alpha value is -1.42. The first-order valence-electron chi connectivity index (χ1n) is 5.10. The van der Waals surface area contributed by atoms with Crippen molar-refractivity contribution in [2.75, 3.05) is 20.0 Å². The second-order valence-electron chi connectivity index (χ2n) is 3.61. The van der Waals surface area contributed by atoms with Crippen LogP contribution in [0.2, 0.25) is 0 Å². The standard InChI is InChI=1S/C13H16O3S/c1-9(2)8-17-13-6-11(15-3)10(7-14)5-12(13)16-4/h5-7H,1,8H2,2-4H3. The highest BCUT2D eigenvalue weighted by molar-refractivity contribution is 7.99. The molecular weight excluding hydrogens is 236 g/mol. The second kappa shape index (κ2) is 6.35. The lowest BCUT2D eigenvalue weighted by Gasteiger charge is -2.12. The number of thioether (sulfide) groups is 1. The fourth-order valence-electron chi connectivity index (χ4n) is 1.30. The summed E-state index contributed by atoms with van der Waals surface area (Å²) in [7, 11) is 3.13. The lowest BCUT2D eigenvalue weighted by Crippen LogP contribution is -1.95. The van der Waals surface area contributed by atoms with Gasteiger partial charge < -0.3 is 9.47 Å². The van der Waals surface area contributed by atoms with Crippen LogP contribution in [0.25, 0.3) is 0 Å². The van der Waals surface area contributed by atoms with Crippen molar-refractivity contribution in [1.29, 1.82) is 0 Å². The first-order valence-corrected chi connectivity index (χ1v) is 6.09. The third-order valence-corrected chi connectivity index (χ3v) is 3.38. The van der Waals surface area contributed by atoms with Crippen molar-refractivity contribution in [2.24, 2.45) is 0 Å². The van der Waals surface area contributed by atoms with Gasteiger partial charge in [0.1, 0.15) is 11.5 Å². The highest BCUT2D eigenvalue weighted by Gasteiger charge is 2.11. The van der Waals surface area contributed by atoms with Gasteiger partial charge in [0, 0.05) is 5.75 Å². The molecule has 0 aliphatic carbocycles. The Kier molecular flexibility index (Phi) is 5.10. The summed E-state index contributed by atoms with van der Waals surface area (Å²) < 4.78 is 10.4. The Labute approximate surface area is 106 Å². The van der Waals surface area contributed by atoms with Crippen LogP contribution in [0.4, 0.5) is 0 Å². The minimum absolute atomic E-state index is 0.490. The highest BCUT2D eigenvalue weighted by atomic mass is 32.2. The van der Waals surface area contributed by atoms with Gasteiger partial charge in [-0.2, -0.15) is 0 Å². The van der Waals surface area contributed by atoms with Gasteiger partial charge in [-0.15, -0.1) is 11.8 Å². The Bertz CT molecular complexity index is 427. The fraction of sp³-hybridized carbons (Fsp3) is 0.308. The third kappa shape index (κ3) is 3.53. The van der Waals surface area contributed by atoms with Crippen LogP contribution in [-0.2, 0) is 0 Å². The number of methoxy groups -OCH3 is 2. The summed E-state index contributed by atoms with van der Waals surface area (Å²) in [6, 6.07) is 3.50. The van der Waals surface area contributed by atoms with Crippen molar-refractivity contribution in [3.05, 3.63) is 29.8 Å². The summed E-state index contributed by atoms with van der Waals surface area (Å²) in [5.74, 6) is 2.05. The van der Waals surface area contributed by atoms with E-state index in [0.29, 0.717) is 17.1 Å². The summed E-state index contributed by atoms with van der Waals surface area (Å²) in [5.41, 5.74) is 1.57. The maximum absolute atomic E-state index is 10.9. The van der Waals surface area contributed by atoms with Crippen LogP contribution in [0.5, 0.6) is 11.5 Å². The van der Waals surface area contributed by atoms with Crippen LogP contribution in [0.15, 0.2) is 29.2 Å². The summed E-state index contributed by atoms with van der Waals surface area (Å²) in [5, 5.41) is 0. The molecular formula is C13H16O3S. The van der Waals surface area contributed by atoms with Crippen LogP contribution in [0, 0.1) is 0 Å². The molecule has 0 saturated carbocycles. The summed E-state index contributed by atoms with van der Waals surface area (Å²) >= 11 is 1.61. The molecule has 0 atom stereocenters. The predicted molar refractivity (Wildman–Crippen MR) is 70.5 cm³/mol. The van der Waals surface area contributed by atoms with E-state index in [4.69, 9.17) is 9.47 Å². The molecule has 0 heterocycles. The van der Waals surface area contributed by atoms with Crippen molar-refractivity contribution in [2.45, 2.75) is 11.8 Å². The van der Waals surface area contributed by atoms with E-state index in [1.165, 1.54) is 0 Å². The average molecular weight is 252 g/mol. The molecule has 4 heteroatoms. The fourth-order valence-corrected chi connectivity index (χ4v) is 2.18. The van der Waals surface area contributed by atoms with Crippen molar-refractivity contribution in [3.8, 4) is 11.5 Å². The van der Waals surface area contributed by atoms with Crippen molar-refractivity contribution in [1.82, 2.24) is 0 Å². The second-order valence-corrected chi connectivity index (χ2v) is 4.63. The van der Waals surface area contributed by atoms with E-state index in [-0.39, 0.29) is 0 Å². The maximum Gasteiger partial charge on any atom is 0.153 e. The van der Waals surface area contributed by atoms with Gasteiger partial charge >= 0.3 is 0 Å². The smallest absolute Gasteiger partial charge is 0.153 e. The molecule has 0 saturated heterocycles. The van der Waals surface area contributed by atoms with E-state index in [1.807, 2.05) is 13.0 Å². The number of benzene rings is 1. The minimum Gasteiger partial charge on any atom is -0.496 e. The molecule has 0 radical (unpaired) electrons. The summed E-state index contributed by atoms with van der Waals surface area (Å²) in [6.07, 6.45) is 0.758. The number of hydrogen-bond acceptors (Lipinski definition) is 4. The van der Waals surface area contributed by atoms with Gasteiger partial charge in [-0.25, -0.2) is 0 Å². The zero-order valence-corrected chi connectivity index (χ0v) is 11.1. The molecule has 0 aliphatic heterocycles. The molecule has 0 aliphatic rings. The van der Waals surface area contributed by atoms with Crippen molar-refractivity contribution >= 4 is 18.0 Å². The SMILES string of the molecule is C=C(C)CSc1cc(OC)c(C=O)cc1OC. The van der Waals surface area contributed by atoms with Gasteiger partial charge in [0.05, 0.1) is 24.7 Å². The summed E-state index contributed by atoms with van der Waals surface area (Å²) in [4.78, 5) is 11.8. The molecule has 92 valence electrons. The molecule has 3 nitrogen and oxygen atoms in total. The lowest BCUT2D eigenvalue weighted by molar-refractivity contribution is 0.112. The Morgan fingerprint density at radius 3 is 2.47 bits per heavy atom. The first kappa shape index (κ1) is 13.6. The van der Waals surface area contributed by atoms with E-state index >= 15 is 0 Å². The molecule has 0 amide bonds. The molecule has 17 heavy (non-hydrogen) atoms. The van der Waals surface area contributed by atoms with Gasteiger partial charge in [0.25, 0.3) is 0 Å². The van der Waals surface area contributed by atoms with Crippen molar-refractivity contribution < 1.29 is 14.3 Å². The first-order chi connectivity index (χ1) is 8.12. The van der Waals surface area contributed by atoms with Crippen LogP contribution in [0.3, 0.4) is 0 Å². The molecule has 1 rings (SSSR count). The van der Waals surface area contributed by atoms with Crippen molar-refractivity contribution in [3.63, 3.8) is 0 Å². The Morgan fingerprint density at radius 1 is 1.35 bits per heavy atom. The number of carbonyl (C=O) groups excluding carboxylic acids is 1. The number of carbonyl (C=O) groups is 1. The van der Waals surface area contributed by atoms with Gasteiger partial charge in [0.2, 0.25) is 0 Å². The van der Waals surface area contributed by atoms with E-state index < -0.39 is 0 Å². The van der Waals surface area contributed by atoms with Gasteiger partial charge in [-0.3, -0.25) is 4.79 Å². The van der Waals surface area contributed by atoms with Gasteiger partial charge in [-0.05, 0) is 19.1 Å². The zero-order chi connectivity index (χ0) is 12.8. The zero-order valence-electron chi connectivity index (χ0n) is 10.3. The van der Waals surface area contributed by atoms with Gasteiger partial charge in [-0.1, -0.05) is 12.2 Å². The average Bonchev–Trinajstić information content (AvgIpc) is 2.34. The molecule has 0 unspecified atom stereocenters. The topological polar surface area (TPSA) is 35.5 Å². The molecule has 0 aromatic heterocycles. The molecule has 1 aromatic carbocycles. The van der Waals surface area contributed by atoms with E-state index in [9.17, 15) is 4.79 Å². The maximum atomic E-state index is 10.9. The highest BCUT2D eigenvalue weighted by Crippen LogP contribution is 2.35. The Balaban J connectivity index is 3.09. The van der Waals surface area contributed by atoms with E-state index in [1.54, 1.807) is 32.0 Å². The predicted octanol–water partition coefficient (Wildman–Crippen LogP) is 3.18. The minimum atomic E-state index is 0.490. The monoisotopic (exact) mass is 252 g/mol. The quantitative estimate of drug-likeness (QED) is 0.442. The van der Waals surface area contributed by atoms with Crippen LogP contribution >= 0.6 is 11.8 Å². The molecule has 0 spiro atoms. The van der Waals surface area contributed by atoms with E-state index in [0.717, 1.165) is 22.5 Å². The lowest BCUT2D eigenvalue weighted by atomic mass is 10.2. The van der Waals surface area contributed by atoms with E-state index in [2.05, 4.69) is 6.58 Å². The largest absolute Gasteiger partial charge is 0.496 e. The Morgan fingerprint density at radius 2 is 2.00 bits per heavy atom. The molecule has 0 bridgehead atoms. The normalized spacial score (nSPS) is 9.82. The number of ether oxygens (including phenoxy) is 2. The molecule has 0 fully saturated rings. The third-order valence-electron chi connectivity index (χ3n) is 2.12. The number of hydrogen-bond donors (Lipinski definition) is 0. The number of aldehydes is 1. The summed E-state index contributed by atoms with van der Waals surface area (Å²) in [6.45, 7) is 5.82. The van der Waals surface area contributed by atoms with Crippen LogP contribution in [0.1, 0.15) is 17.3 Å². The molecule has 1 aromatic rings. The van der Waals surface area contributed by atoms with Crippen LogP contribution < -0.4 is 9.47 Å². The number of rotatable bonds is 6. The van der Waals surface area contributed by atoms with Crippen LogP contribution in [-0.4, -0.2) is 26.3 Å². The van der Waals surface area contributed by atoms with Gasteiger partial charge in [0.15, 0.2) is 6.29 Å². The molecule has 0 N–H and O–H groups in total.